The van der Waals surface area contributed by atoms with Gasteiger partial charge in [0.25, 0.3) is 0 Å². The molecule has 6 heteroatoms. The van der Waals surface area contributed by atoms with Crippen molar-refractivity contribution in [3.63, 3.8) is 0 Å². The molecule has 0 unspecified atom stereocenters. The van der Waals surface area contributed by atoms with Crippen LogP contribution in [0.25, 0.3) is 0 Å². The molecule has 2 rings (SSSR count). The van der Waals surface area contributed by atoms with E-state index >= 15 is 0 Å². The number of nitro groups is 1. The van der Waals surface area contributed by atoms with Gasteiger partial charge in [-0.3, -0.25) is 19.9 Å². The third-order valence-corrected chi connectivity index (χ3v) is 4.10. The van der Waals surface area contributed by atoms with E-state index in [-0.39, 0.29) is 17.1 Å². The van der Waals surface area contributed by atoms with Crippen LogP contribution in [-0.4, -0.2) is 21.7 Å². The molecule has 22 heavy (non-hydrogen) atoms. The first kappa shape index (κ1) is 16.3. The highest BCUT2D eigenvalue weighted by Crippen LogP contribution is 2.28. The number of pyridine rings is 1. The molecule has 0 spiro atoms. The van der Waals surface area contributed by atoms with Crippen molar-refractivity contribution in [1.82, 2.24) is 4.98 Å². The summed E-state index contributed by atoms with van der Waals surface area (Å²) in [6.07, 6.45) is 1.60. The molecule has 1 aromatic carbocycles. The molecule has 0 N–H and O–H groups in total. The molecule has 0 saturated heterocycles. The molecule has 1 aromatic heterocycles. The zero-order valence-corrected chi connectivity index (χ0v) is 13.6. The van der Waals surface area contributed by atoms with Crippen LogP contribution < -0.4 is 0 Å². The van der Waals surface area contributed by atoms with Crippen LogP contribution in [-0.2, 0) is 0 Å². The third kappa shape index (κ3) is 3.98. The summed E-state index contributed by atoms with van der Waals surface area (Å²) in [7, 11) is 0. The lowest BCUT2D eigenvalue weighted by molar-refractivity contribution is -0.522. The molecule has 0 fully saturated rings. The Labute approximate surface area is 136 Å². The maximum absolute atomic E-state index is 12.3. The van der Waals surface area contributed by atoms with E-state index in [0.29, 0.717) is 5.69 Å². The van der Waals surface area contributed by atoms with E-state index in [1.54, 1.807) is 36.5 Å². The minimum absolute atomic E-state index is 0.0563. The maximum atomic E-state index is 12.3. The minimum Gasteiger partial charge on any atom is -0.292 e. The molecule has 0 bridgehead atoms. The van der Waals surface area contributed by atoms with Crippen molar-refractivity contribution >= 4 is 21.7 Å². The third-order valence-electron chi connectivity index (χ3n) is 3.57. The predicted octanol–water partition coefficient (Wildman–Crippen LogP) is 3.87. The fraction of sp³-hybridized carbons (Fsp3) is 0.250. The summed E-state index contributed by atoms with van der Waals surface area (Å²) < 4.78 is 0.889. The van der Waals surface area contributed by atoms with Gasteiger partial charge >= 0.3 is 0 Å². The van der Waals surface area contributed by atoms with Gasteiger partial charge in [0.2, 0.25) is 6.04 Å². The Morgan fingerprint density at radius 2 is 1.95 bits per heavy atom. The van der Waals surface area contributed by atoms with E-state index in [2.05, 4.69) is 20.9 Å². The largest absolute Gasteiger partial charge is 0.292 e. The molecule has 0 radical (unpaired) electrons. The quantitative estimate of drug-likeness (QED) is 0.444. The van der Waals surface area contributed by atoms with Gasteiger partial charge in [0.15, 0.2) is 5.78 Å². The second-order valence-corrected chi connectivity index (χ2v) is 5.94. The Hall–Kier alpha value is -2.08. The normalized spacial score (nSPS) is 13.4. The van der Waals surface area contributed by atoms with Crippen molar-refractivity contribution in [2.24, 2.45) is 0 Å². The number of carbonyl (C=O) groups is 1. The first-order valence-electron chi connectivity index (χ1n) is 6.82. The first-order chi connectivity index (χ1) is 10.5. The molecule has 1 heterocycles. The monoisotopic (exact) mass is 362 g/mol. The van der Waals surface area contributed by atoms with Gasteiger partial charge in [-0.05, 0) is 29.8 Å². The van der Waals surface area contributed by atoms with E-state index in [4.69, 9.17) is 0 Å². The number of hydrogen-bond donors (Lipinski definition) is 0. The number of Topliss-reactive ketones (excluding diaryl/α,β-unsaturated/α-hetero) is 1. The number of rotatable bonds is 6. The Kier molecular flexibility index (Phi) is 5.38. The van der Waals surface area contributed by atoms with Crippen LogP contribution in [0.5, 0.6) is 0 Å². The number of benzene rings is 1. The Balaban J connectivity index is 2.27. The fourth-order valence-corrected chi connectivity index (χ4v) is 2.52. The van der Waals surface area contributed by atoms with E-state index < -0.39 is 12.0 Å². The lowest BCUT2D eigenvalue weighted by Gasteiger charge is -2.18. The maximum Gasteiger partial charge on any atom is 0.217 e. The van der Waals surface area contributed by atoms with Crippen molar-refractivity contribution in [1.29, 1.82) is 0 Å². The van der Waals surface area contributed by atoms with E-state index in [0.717, 1.165) is 10.0 Å². The Bertz CT molecular complexity index is 659. The SMILES string of the molecule is C[C@@H]([C@@H](CC(=O)c1ccccn1)c1ccc(Br)cc1)[N+](=O)[O-]. The van der Waals surface area contributed by atoms with Crippen molar-refractivity contribution in [3.8, 4) is 0 Å². The summed E-state index contributed by atoms with van der Waals surface area (Å²) in [5, 5.41) is 11.2. The topological polar surface area (TPSA) is 73.1 Å². The summed E-state index contributed by atoms with van der Waals surface area (Å²) in [4.78, 5) is 27.2. The van der Waals surface area contributed by atoms with Crippen LogP contribution >= 0.6 is 15.9 Å². The van der Waals surface area contributed by atoms with Crippen LogP contribution in [0.1, 0.15) is 35.3 Å². The van der Waals surface area contributed by atoms with Crippen molar-refractivity contribution in [2.75, 3.05) is 0 Å². The molecule has 5 nitrogen and oxygen atoms in total. The lowest BCUT2D eigenvalue weighted by atomic mass is 9.87. The summed E-state index contributed by atoms with van der Waals surface area (Å²) in [5.74, 6) is -0.681. The van der Waals surface area contributed by atoms with E-state index in [9.17, 15) is 14.9 Å². The molecule has 0 saturated carbocycles. The molecule has 0 aliphatic heterocycles. The highest BCUT2D eigenvalue weighted by atomic mass is 79.9. The number of ketones is 1. The lowest BCUT2D eigenvalue weighted by Crippen LogP contribution is -2.26. The van der Waals surface area contributed by atoms with Gasteiger partial charge in [-0.15, -0.1) is 0 Å². The Morgan fingerprint density at radius 3 is 2.50 bits per heavy atom. The molecule has 2 atom stereocenters. The standard InChI is InChI=1S/C16H15BrN2O3/c1-11(19(21)22)14(12-5-7-13(17)8-6-12)10-16(20)15-4-2-3-9-18-15/h2-9,11,14H,10H2,1H3/t11-,14+/m0/s1. The van der Waals surface area contributed by atoms with Gasteiger partial charge in [-0.25, -0.2) is 0 Å². The van der Waals surface area contributed by atoms with Crippen molar-refractivity contribution in [2.45, 2.75) is 25.3 Å². The molecule has 114 valence electrons. The van der Waals surface area contributed by atoms with Gasteiger partial charge in [0, 0.05) is 28.9 Å². The van der Waals surface area contributed by atoms with Gasteiger partial charge in [0.05, 0.1) is 5.92 Å². The summed E-state index contributed by atoms with van der Waals surface area (Å²) in [6, 6.07) is 11.5. The van der Waals surface area contributed by atoms with Gasteiger partial charge in [-0.2, -0.15) is 0 Å². The molecule has 2 aromatic rings. The Morgan fingerprint density at radius 1 is 1.27 bits per heavy atom. The zero-order valence-electron chi connectivity index (χ0n) is 12.0. The number of hydrogen-bond acceptors (Lipinski definition) is 4. The van der Waals surface area contributed by atoms with Crippen LogP contribution in [0.2, 0.25) is 0 Å². The summed E-state index contributed by atoms with van der Waals surface area (Å²) >= 11 is 3.34. The van der Waals surface area contributed by atoms with Crippen LogP contribution in [0, 0.1) is 10.1 Å². The van der Waals surface area contributed by atoms with Crippen LogP contribution in [0.3, 0.4) is 0 Å². The average molecular weight is 363 g/mol. The number of halogens is 1. The number of nitrogens with zero attached hydrogens (tertiary/aromatic N) is 2. The highest BCUT2D eigenvalue weighted by Gasteiger charge is 2.30. The molecule has 0 aliphatic carbocycles. The molecule has 0 amide bonds. The minimum atomic E-state index is -0.853. The smallest absolute Gasteiger partial charge is 0.217 e. The van der Waals surface area contributed by atoms with Crippen LogP contribution in [0.4, 0.5) is 0 Å². The predicted molar refractivity (Wildman–Crippen MR) is 86.5 cm³/mol. The summed E-state index contributed by atoms with van der Waals surface area (Å²) in [5.41, 5.74) is 1.11. The average Bonchev–Trinajstić information content (AvgIpc) is 2.53. The highest BCUT2D eigenvalue weighted by molar-refractivity contribution is 9.10. The summed E-state index contributed by atoms with van der Waals surface area (Å²) in [6.45, 7) is 1.53. The molecular formula is C16H15BrN2O3. The molecule has 0 aliphatic rings. The van der Waals surface area contributed by atoms with Gasteiger partial charge in [0.1, 0.15) is 5.69 Å². The molecular weight excluding hydrogens is 348 g/mol. The van der Waals surface area contributed by atoms with Crippen molar-refractivity contribution in [3.05, 3.63) is 74.5 Å². The number of aromatic nitrogens is 1. The van der Waals surface area contributed by atoms with Gasteiger partial charge < -0.3 is 0 Å². The van der Waals surface area contributed by atoms with Gasteiger partial charge in [-0.1, -0.05) is 34.1 Å². The zero-order chi connectivity index (χ0) is 16.1. The first-order valence-corrected chi connectivity index (χ1v) is 7.61. The van der Waals surface area contributed by atoms with Crippen LogP contribution in [0.15, 0.2) is 53.1 Å². The number of carbonyl (C=O) groups excluding carboxylic acids is 1. The van der Waals surface area contributed by atoms with E-state index in [1.807, 2.05) is 12.1 Å². The fourth-order valence-electron chi connectivity index (χ4n) is 2.26. The second kappa shape index (κ2) is 7.26. The van der Waals surface area contributed by atoms with Crippen molar-refractivity contribution < 1.29 is 9.72 Å². The van der Waals surface area contributed by atoms with E-state index in [1.165, 1.54) is 6.92 Å². The second-order valence-electron chi connectivity index (χ2n) is 5.03.